The number of alkyl halides is 3. The van der Waals surface area contributed by atoms with Gasteiger partial charge in [-0.1, -0.05) is 11.6 Å². The Hall–Kier alpha value is -4.42. The summed E-state index contributed by atoms with van der Waals surface area (Å²) in [6.45, 7) is 1.12. The van der Waals surface area contributed by atoms with E-state index in [9.17, 15) is 27.6 Å². The number of nitrogens with one attached hydrogen (secondary N) is 4. The first kappa shape index (κ1) is 30.1. The number of hydrogen-bond donors (Lipinski definition) is 4. The van der Waals surface area contributed by atoms with Gasteiger partial charge in [0.05, 0.1) is 40.0 Å². The number of nitriles is 1. The molecule has 3 amide bonds. The van der Waals surface area contributed by atoms with Crippen LogP contribution in [0.4, 0.5) is 18.9 Å². The van der Waals surface area contributed by atoms with Crippen LogP contribution in [0.15, 0.2) is 30.6 Å². The molecule has 0 radical (unpaired) electrons. The van der Waals surface area contributed by atoms with Crippen molar-refractivity contribution in [2.45, 2.75) is 44.1 Å². The molecule has 4 N–H and O–H groups in total. The Morgan fingerprint density at radius 3 is 2.58 bits per heavy atom. The number of amides is 3. The van der Waals surface area contributed by atoms with Gasteiger partial charge in [-0.25, -0.2) is 4.98 Å². The molecule has 0 unspecified atom stereocenters. The number of hydrogen-bond acceptors (Lipinski definition) is 7. The molecule has 16 heteroatoms. The number of imidazole rings is 1. The number of halogens is 4. The fourth-order valence-corrected chi connectivity index (χ4v) is 5.39. The lowest BCUT2D eigenvalue weighted by molar-refractivity contribution is -0.141. The van der Waals surface area contributed by atoms with E-state index in [-0.39, 0.29) is 63.8 Å². The van der Waals surface area contributed by atoms with Crippen LogP contribution in [0.25, 0.3) is 11.3 Å². The number of carbonyl (C=O) groups is 3. The molecule has 1 aliphatic carbocycles. The Morgan fingerprint density at radius 2 is 1.93 bits per heavy atom. The van der Waals surface area contributed by atoms with Gasteiger partial charge in [0.2, 0.25) is 5.91 Å². The van der Waals surface area contributed by atoms with Gasteiger partial charge in [-0.15, -0.1) is 0 Å². The maximum atomic E-state index is 13.6. The third-order valence-corrected chi connectivity index (χ3v) is 7.77. The van der Waals surface area contributed by atoms with Crippen molar-refractivity contribution in [2.75, 3.05) is 18.4 Å². The normalized spacial score (nSPS) is 19.8. The second kappa shape index (κ2) is 12.1. The fourth-order valence-electron chi connectivity index (χ4n) is 5.12. The van der Waals surface area contributed by atoms with Crippen molar-refractivity contribution < 1.29 is 27.6 Å². The molecule has 12 nitrogen and oxygen atoms in total. The molecule has 1 saturated heterocycles. The summed E-state index contributed by atoms with van der Waals surface area (Å²) in [6, 6.07) is 5.92. The van der Waals surface area contributed by atoms with E-state index < -0.39 is 23.7 Å². The summed E-state index contributed by atoms with van der Waals surface area (Å²) in [4.78, 5) is 42.0. The molecule has 2 fully saturated rings. The molecule has 0 bridgehead atoms. The van der Waals surface area contributed by atoms with Crippen molar-refractivity contribution in [1.82, 2.24) is 35.3 Å². The van der Waals surface area contributed by atoms with Gasteiger partial charge in [-0.3, -0.25) is 19.1 Å². The number of carbonyl (C=O) groups excluding carboxylic acids is 3. The summed E-state index contributed by atoms with van der Waals surface area (Å²) in [6.07, 6.45) is -0.577. The van der Waals surface area contributed by atoms with Crippen molar-refractivity contribution in [3.8, 4) is 17.3 Å². The molecule has 3 aromatic rings. The molecule has 5 rings (SSSR count). The van der Waals surface area contributed by atoms with E-state index in [4.69, 9.17) is 16.9 Å². The van der Waals surface area contributed by atoms with Gasteiger partial charge in [0, 0.05) is 37.6 Å². The predicted molar refractivity (Wildman–Crippen MR) is 148 cm³/mol. The Morgan fingerprint density at radius 1 is 1.19 bits per heavy atom. The van der Waals surface area contributed by atoms with Gasteiger partial charge in [-0.2, -0.15) is 23.5 Å². The van der Waals surface area contributed by atoms with Gasteiger partial charge in [0.15, 0.2) is 11.5 Å². The van der Waals surface area contributed by atoms with Gasteiger partial charge in [0.1, 0.15) is 6.54 Å². The topological polar surface area (TPSA) is 159 Å². The molecule has 43 heavy (non-hydrogen) atoms. The van der Waals surface area contributed by atoms with Gasteiger partial charge >= 0.3 is 6.18 Å². The lowest BCUT2D eigenvalue weighted by atomic mass is 9.86. The van der Waals surface area contributed by atoms with E-state index >= 15 is 0 Å². The maximum Gasteiger partial charge on any atom is 0.435 e. The SMILES string of the molecule is Cn1c(-c2cn(CC#N)nc2C(F)(F)F)cnc1C(=O)Nc1ccc(C(=O)N[C@H]2C[C@H](NC(=O)[C@@H]3CCNC3)C2)c(Cl)c1. The number of benzene rings is 1. The molecule has 1 atom stereocenters. The Bertz CT molecular complexity index is 1600. The molecular formula is C27H27ClF3N9O3. The molecule has 1 aromatic carbocycles. The van der Waals surface area contributed by atoms with Gasteiger partial charge < -0.3 is 25.8 Å². The minimum Gasteiger partial charge on any atom is -0.353 e. The third kappa shape index (κ3) is 6.50. The highest BCUT2D eigenvalue weighted by atomic mass is 35.5. The molecule has 2 aliphatic rings. The molecule has 3 heterocycles. The molecule has 1 saturated carbocycles. The number of aromatic nitrogens is 4. The van der Waals surface area contributed by atoms with Crippen LogP contribution in [-0.2, 0) is 24.6 Å². The first-order valence-electron chi connectivity index (χ1n) is 13.4. The first-order chi connectivity index (χ1) is 20.4. The van der Waals surface area contributed by atoms with Crippen molar-refractivity contribution >= 4 is 35.0 Å². The number of rotatable bonds is 8. The fraction of sp³-hybridized carbons (Fsp3) is 0.407. The average molecular weight is 618 g/mol. The summed E-state index contributed by atoms with van der Waals surface area (Å²) in [7, 11) is 1.38. The highest BCUT2D eigenvalue weighted by molar-refractivity contribution is 6.34. The lowest BCUT2D eigenvalue weighted by Crippen LogP contribution is -2.54. The van der Waals surface area contributed by atoms with Crippen molar-refractivity contribution in [2.24, 2.45) is 13.0 Å². The van der Waals surface area contributed by atoms with E-state index in [2.05, 4.69) is 31.3 Å². The summed E-state index contributed by atoms with van der Waals surface area (Å²) < 4.78 is 42.8. The Kier molecular flexibility index (Phi) is 8.43. The maximum absolute atomic E-state index is 13.6. The van der Waals surface area contributed by atoms with Gasteiger partial charge in [0.25, 0.3) is 11.8 Å². The quantitative estimate of drug-likeness (QED) is 0.302. The van der Waals surface area contributed by atoms with E-state index in [0.29, 0.717) is 19.4 Å². The second-order valence-electron chi connectivity index (χ2n) is 10.5. The van der Waals surface area contributed by atoms with Crippen LogP contribution in [0.2, 0.25) is 5.02 Å². The number of anilines is 1. The van der Waals surface area contributed by atoms with Crippen molar-refractivity contribution in [3.05, 3.63) is 52.7 Å². The Balaban J connectivity index is 1.20. The minimum absolute atomic E-state index is 0.00637. The highest BCUT2D eigenvalue weighted by Crippen LogP contribution is 2.36. The highest BCUT2D eigenvalue weighted by Gasteiger charge is 2.39. The van der Waals surface area contributed by atoms with Crippen LogP contribution in [0.5, 0.6) is 0 Å². The van der Waals surface area contributed by atoms with Crippen LogP contribution in [0.3, 0.4) is 0 Å². The first-order valence-corrected chi connectivity index (χ1v) is 13.8. The van der Waals surface area contributed by atoms with Gasteiger partial charge in [-0.05, 0) is 44.0 Å². The minimum atomic E-state index is -4.79. The van der Waals surface area contributed by atoms with Crippen LogP contribution in [0, 0.1) is 17.2 Å². The molecular weight excluding hydrogens is 591 g/mol. The van der Waals surface area contributed by atoms with E-state index in [0.717, 1.165) is 30.0 Å². The zero-order chi connectivity index (χ0) is 30.9. The monoisotopic (exact) mass is 617 g/mol. The van der Waals surface area contributed by atoms with E-state index in [1.165, 1.54) is 29.8 Å². The van der Waals surface area contributed by atoms with E-state index in [1.807, 2.05) is 0 Å². The molecule has 1 aliphatic heterocycles. The molecule has 226 valence electrons. The average Bonchev–Trinajstić information content (AvgIpc) is 3.67. The summed E-state index contributed by atoms with van der Waals surface area (Å²) in [5.41, 5.74) is -1.14. The zero-order valence-corrected chi connectivity index (χ0v) is 23.6. The van der Waals surface area contributed by atoms with Crippen LogP contribution in [-0.4, -0.2) is 62.2 Å². The standard InChI is InChI=1S/C27H27ClF3N9O3/c1-39-21(19-13-40(7-5-32)38-22(19)27(29,30)31)12-34-23(39)26(43)35-15-2-3-18(20(28)10-15)25(42)37-17-8-16(9-17)36-24(41)14-4-6-33-11-14/h2-3,10,12-14,16-17,33H,4,6-9,11H2,1H3,(H,35,43)(H,36,41)(H,37,42)/t14-,16-,17-/m1/s1. The van der Waals surface area contributed by atoms with Crippen LogP contribution in [0.1, 0.15) is 45.9 Å². The number of nitrogens with zero attached hydrogens (tertiary/aromatic N) is 5. The zero-order valence-electron chi connectivity index (χ0n) is 22.8. The predicted octanol–water partition coefficient (Wildman–Crippen LogP) is 2.72. The summed E-state index contributed by atoms with van der Waals surface area (Å²) in [5.74, 6) is -1.31. The summed E-state index contributed by atoms with van der Waals surface area (Å²) in [5, 5.41) is 24.0. The second-order valence-corrected chi connectivity index (χ2v) is 10.9. The van der Waals surface area contributed by atoms with E-state index in [1.54, 1.807) is 6.07 Å². The van der Waals surface area contributed by atoms with Crippen LogP contribution < -0.4 is 21.3 Å². The lowest BCUT2D eigenvalue weighted by Gasteiger charge is -2.36. The molecule has 0 spiro atoms. The summed E-state index contributed by atoms with van der Waals surface area (Å²) >= 11 is 6.34. The largest absolute Gasteiger partial charge is 0.435 e. The third-order valence-electron chi connectivity index (χ3n) is 7.45. The Labute approximate surface area is 248 Å². The smallest absolute Gasteiger partial charge is 0.353 e. The molecule has 2 aromatic heterocycles. The van der Waals surface area contributed by atoms with Crippen molar-refractivity contribution in [3.63, 3.8) is 0 Å². The van der Waals surface area contributed by atoms with Crippen LogP contribution >= 0.6 is 11.6 Å². The van der Waals surface area contributed by atoms with Crippen molar-refractivity contribution in [1.29, 1.82) is 5.26 Å².